The second-order valence-corrected chi connectivity index (χ2v) is 8.45. The molecule has 6 nitrogen and oxygen atoms in total. The highest BCUT2D eigenvalue weighted by Gasteiger charge is 2.43. The molecule has 2 aliphatic rings. The summed E-state index contributed by atoms with van der Waals surface area (Å²) in [6, 6.07) is 9.24. The van der Waals surface area contributed by atoms with Gasteiger partial charge >= 0.3 is 0 Å². The fraction of sp³-hybridized carbons (Fsp3) is 0.591. The largest absolute Gasteiger partial charge is 0.347 e. The monoisotopic (exact) mass is 385 g/mol. The molecule has 152 valence electrons. The zero-order valence-corrected chi connectivity index (χ0v) is 16.9. The first-order valence-electron chi connectivity index (χ1n) is 10.3. The smallest absolute Gasteiger partial charge is 0.244 e. The Morgan fingerprint density at radius 1 is 1.21 bits per heavy atom. The molecule has 3 amide bonds. The summed E-state index contributed by atoms with van der Waals surface area (Å²) < 4.78 is 0. The lowest BCUT2D eigenvalue weighted by atomic mass is 9.97. The number of amides is 3. The molecular formula is C22H31N3O3. The molecule has 1 atom stereocenters. The third kappa shape index (κ3) is 4.91. The summed E-state index contributed by atoms with van der Waals surface area (Å²) in [5.41, 5.74) is 0.775. The Morgan fingerprint density at radius 3 is 2.54 bits per heavy atom. The van der Waals surface area contributed by atoms with Gasteiger partial charge in [0.05, 0.1) is 5.54 Å². The highest BCUT2D eigenvalue weighted by molar-refractivity contribution is 5.90. The van der Waals surface area contributed by atoms with Crippen molar-refractivity contribution < 1.29 is 14.4 Å². The van der Waals surface area contributed by atoms with E-state index in [1.54, 1.807) is 18.7 Å². The number of carbonyl (C=O) groups is 3. The number of carbonyl (C=O) groups excluding carboxylic acids is 3. The van der Waals surface area contributed by atoms with Gasteiger partial charge in [-0.1, -0.05) is 57.0 Å². The quantitative estimate of drug-likeness (QED) is 0.814. The predicted octanol–water partition coefficient (Wildman–Crippen LogP) is 2.03. The van der Waals surface area contributed by atoms with Crippen LogP contribution in [0.2, 0.25) is 0 Å². The van der Waals surface area contributed by atoms with Gasteiger partial charge in [0.15, 0.2) is 0 Å². The van der Waals surface area contributed by atoms with E-state index in [4.69, 9.17) is 0 Å². The van der Waals surface area contributed by atoms with Crippen LogP contribution in [0.5, 0.6) is 0 Å². The molecule has 1 saturated heterocycles. The van der Waals surface area contributed by atoms with Crippen LogP contribution in [0.1, 0.15) is 51.5 Å². The van der Waals surface area contributed by atoms with E-state index in [0.717, 1.165) is 31.2 Å². The molecule has 1 unspecified atom stereocenters. The van der Waals surface area contributed by atoms with Gasteiger partial charge in [-0.2, -0.15) is 0 Å². The molecule has 0 bridgehead atoms. The van der Waals surface area contributed by atoms with Gasteiger partial charge in [0.1, 0.15) is 6.04 Å². The molecular weight excluding hydrogens is 354 g/mol. The first-order valence-corrected chi connectivity index (χ1v) is 10.3. The van der Waals surface area contributed by atoms with E-state index >= 15 is 0 Å². The highest BCUT2D eigenvalue weighted by Crippen LogP contribution is 2.32. The lowest BCUT2D eigenvalue weighted by Crippen LogP contribution is -2.54. The van der Waals surface area contributed by atoms with Crippen molar-refractivity contribution in [3.8, 4) is 0 Å². The van der Waals surface area contributed by atoms with Crippen molar-refractivity contribution >= 4 is 17.7 Å². The van der Waals surface area contributed by atoms with Gasteiger partial charge in [-0.15, -0.1) is 0 Å². The number of hydrogen-bond acceptors (Lipinski definition) is 3. The van der Waals surface area contributed by atoms with Crippen LogP contribution in [0.25, 0.3) is 0 Å². The van der Waals surface area contributed by atoms with E-state index < -0.39 is 6.04 Å². The third-order valence-corrected chi connectivity index (χ3v) is 5.83. The van der Waals surface area contributed by atoms with E-state index in [2.05, 4.69) is 10.6 Å². The molecule has 6 heteroatoms. The van der Waals surface area contributed by atoms with E-state index in [-0.39, 0.29) is 35.7 Å². The average Bonchev–Trinajstić information content (AvgIpc) is 3.07. The Kier molecular flexibility index (Phi) is 6.37. The molecule has 0 radical (unpaired) electrons. The molecule has 0 aromatic heterocycles. The van der Waals surface area contributed by atoms with Gasteiger partial charge in [-0.3, -0.25) is 14.4 Å². The Balaban J connectivity index is 1.73. The number of hydrogen-bond donors (Lipinski definition) is 2. The lowest BCUT2D eigenvalue weighted by molar-refractivity contribution is -0.134. The van der Waals surface area contributed by atoms with Gasteiger partial charge in [0.2, 0.25) is 17.7 Å². The Hall–Kier alpha value is -2.37. The molecule has 2 N–H and O–H groups in total. The van der Waals surface area contributed by atoms with Gasteiger partial charge in [0, 0.05) is 25.4 Å². The molecule has 1 aliphatic carbocycles. The van der Waals surface area contributed by atoms with Crippen LogP contribution in [-0.4, -0.2) is 47.3 Å². The summed E-state index contributed by atoms with van der Waals surface area (Å²) in [5, 5.41) is 5.99. The van der Waals surface area contributed by atoms with Crippen LogP contribution >= 0.6 is 0 Å². The fourth-order valence-electron chi connectivity index (χ4n) is 4.15. The first kappa shape index (κ1) is 20.4. The highest BCUT2D eigenvalue weighted by atomic mass is 16.2. The van der Waals surface area contributed by atoms with E-state index in [9.17, 15) is 14.4 Å². The van der Waals surface area contributed by atoms with E-state index in [1.165, 1.54) is 0 Å². The Bertz CT molecular complexity index is 711. The van der Waals surface area contributed by atoms with Crippen LogP contribution in [0.15, 0.2) is 30.3 Å². The summed E-state index contributed by atoms with van der Waals surface area (Å²) in [7, 11) is 0. The number of nitrogens with one attached hydrogen (secondary N) is 2. The molecule has 2 fully saturated rings. The summed E-state index contributed by atoms with van der Waals surface area (Å²) in [6.07, 6.45) is 4.94. The average molecular weight is 386 g/mol. The van der Waals surface area contributed by atoms with Gasteiger partial charge in [0.25, 0.3) is 0 Å². The SMILES string of the molecule is CC(C)C(=O)NC1CN(C(=O)CCc2ccccc2)CC2(CCCC2)NC1=O. The number of rotatable bonds is 5. The van der Waals surface area contributed by atoms with Crippen LogP contribution < -0.4 is 10.6 Å². The zero-order valence-electron chi connectivity index (χ0n) is 16.9. The molecule has 1 heterocycles. The molecule has 1 spiro atoms. The normalized spacial score (nSPS) is 21.5. The summed E-state index contributed by atoms with van der Waals surface area (Å²) in [5.74, 6) is -0.511. The van der Waals surface area contributed by atoms with Crippen molar-refractivity contribution in [2.24, 2.45) is 5.92 Å². The topological polar surface area (TPSA) is 78.5 Å². The van der Waals surface area contributed by atoms with E-state index in [0.29, 0.717) is 19.4 Å². The number of benzene rings is 1. The maximum Gasteiger partial charge on any atom is 0.244 e. The Labute approximate surface area is 167 Å². The van der Waals surface area contributed by atoms with Crippen molar-refractivity contribution in [2.75, 3.05) is 13.1 Å². The maximum atomic E-state index is 13.0. The molecule has 3 rings (SSSR count). The molecule has 1 aromatic carbocycles. The van der Waals surface area contributed by atoms with Crippen LogP contribution in [0.3, 0.4) is 0 Å². The van der Waals surface area contributed by atoms with Gasteiger partial charge < -0.3 is 15.5 Å². The molecule has 1 saturated carbocycles. The maximum absolute atomic E-state index is 13.0. The van der Waals surface area contributed by atoms with Gasteiger partial charge in [-0.05, 0) is 24.8 Å². The minimum absolute atomic E-state index is 0.0374. The third-order valence-electron chi connectivity index (χ3n) is 5.83. The molecule has 1 aliphatic heterocycles. The van der Waals surface area contributed by atoms with E-state index in [1.807, 2.05) is 30.3 Å². The number of nitrogens with zero attached hydrogens (tertiary/aromatic N) is 1. The second kappa shape index (κ2) is 8.76. The standard InChI is InChI=1S/C22H31N3O3/c1-16(2)20(27)23-18-14-25(15-22(24-21(18)28)12-6-7-13-22)19(26)11-10-17-8-4-3-5-9-17/h3-5,8-9,16,18H,6-7,10-15H2,1-2H3,(H,23,27)(H,24,28). The van der Waals surface area contributed by atoms with Crippen molar-refractivity contribution in [2.45, 2.75) is 64.0 Å². The Morgan fingerprint density at radius 2 is 1.89 bits per heavy atom. The van der Waals surface area contributed by atoms with Crippen LogP contribution in [0.4, 0.5) is 0 Å². The van der Waals surface area contributed by atoms with Crippen molar-refractivity contribution in [1.82, 2.24) is 15.5 Å². The summed E-state index contributed by atoms with van der Waals surface area (Å²) >= 11 is 0. The fourth-order valence-corrected chi connectivity index (χ4v) is 4.15. The minimum Gasteiger partial charge on any atom is -0.347 e. The lowest BCUT2D eigenvalue weighted by Gasteiger charge is -2.33. The minimum atomic E-state index is -0.699. The van der Waals surface area contributed by atoms with Crippen molar-refractivity contribution in [1.29, 1.82) is 0 Å². The van der Waals surface area contributed by atoms with Crippen molar-refractivity contribution in [3.63, 3.8) is 0 Å². The summed E-state index contributed by atoms with van der Waals surface area (Å²) in [4.78, 5) is 39.8. The van der Waals surface area contributed by atoms with Crippen molar-refractivity contribution in [3.05, 3.63) is 35.9 Å². The van der Waals surface area contributed by atoms with Crippen LogP contribution in [-0.2, 0) is 20.8 Å². The number of aryl methyl sites for hydroxylation is 1. The zero-order chi connectivity index (χ0) is 20.1. The first-order chi connectivity index (χ1) is 13.4. The van der Waals surface area contributed by atoms with Crippen LogP contribution in [0, 0.1) is 5.92 Å². The molecule has 28 heavy (non-hydrogen) atoms. The summed E-state index contributed by atoms with van der Waals surface area (Å²) in [6.45, 7) is 4.36. The molecule has 1 aromatic rings. The second-order valence-electron chi connectivity index (χ2n) is 8.45. The van der Waals surface area contributed by atoms with Gasteiger partial charge in [-0.25, -0.2) is 0 Å². The predicted molar refractivity (Wildman–Crippen MR) is 107 cm³/mol.